The van der Waals surface area contributed by atoms with E-state index in [0.29, 0.717) is 6.04 Å². The maximum Gasteiger partial charge on any atom is 0.414 e. The van der Waals surface area contributed by atoms with Crippen LogP contribution in [-0.2, 0) is 9.59 Å². The Kier molecular flexibility index (Phi) is 11.3. The van der Waals surface area contributed by atoms with Crippen molar-refractivity contribution in [1.29, 1.82) is 0 Å². The first kappa shape index (κ1) is 21.9. The average Bonchev–Trinajstić information content (AvgIpc) is 2.54. The lowest BCUT2D eigenvalue weighted by Crippen LogP contribution is -2.26. The molecule has 0 aliphatic heterocycles. The Morgan fingerprint density at radius 1 is 1.17 bits per heavy atom. The molecule has 1 aromatic rings. The summed E-state index contributed by atoms with van der Waals surface area (Å²) in [5, 5.41) is 18.3. The van der Waals surface area contributed by atoms with E-state index in [1.165, 1.54) is 24.0 Å². The second-order valence-electron chi connectivity index (χ2n) is 5.70. The van der Waals surface area contributed by atoms with Gasteiger partial charge in [-0.05, 0) is 63.8 Å². The first-order valence-corrected chi connectivity index (χ1v) is 8.17. The quantitative estimate of drug-likeness (QED) is 0.498. The van der Waals surface area contributed by atoms with Crippen LogP contribution in [0.15, 0.2) is 18.2 Å². The molecule has 6 nitrogen and oxygen atoms in total. The number of unbranched alkanes of at least 4 members (excludes halogenated alkanes) is 1. The van der Waals surface area contributed by atoms with Crippen LogP contribution in [0.4, 0.5) is 0 Å². The third kappa shape index (κ3) is 10.6. The Morgan fingerprint density at radius 3 is 2.33 bits per heavy atom. The van der Waals surface area contributed by atoms with Crippen LogP contribution >= 0.6 is 0 Å². The molecule has 0 spiro atoms. The van der Waals surface area contributed by atoms with E-state index < -0.39 is 11.9 Å². The highest BCUT2D eigenvalue weighted by atomic mass is 16.5. The highest BCUT2D eigenvalue weighted by Crippen LogP contribution is 2.19. The van der Waals surface area contributed by atoms with E-state index in [1.54, 1.807) is 0 Å². The van der Waals surface area contributed by atoms with E-state index >= 15 is 0 Å². The number of aliphatic carboxylic acids is 2. The number of carboxylic acid groups (broad SMARTS) is 2. The summed E-state index contributed by atoms with van der Waals surface area (Å²) in [6.07, 6.45) is 3.48. The van der Waals surface area contributed by atoms with E-state index in [-0.39, 0.29) is 0 Å². The van der Waals surface area contributed by atoms with Gasteiger partial charge in [0.25, 0.3) is 0 Å². The summed E-state index contributed by atoms with van der Waals surface area (Å²) in [5.74, 6) is -2.62. The fraction of sp³-hybridized carbons (Fsp3) is 0.556. The van der Waals surface area contributed by atoms with Crippen molar-refractivity contribution in [2.75, 3.05) is 13.2 Å². The van der Waals surface area contributed by atoms with Crippen molar-refractivity contribution in [3.05, 3.63) is 29.3 Å². The molecule has 24 heavy (non-hydrogen) atoms. The van der Waals surface area contributed by atoms with Crippen LogP contribution in [0, 0.1) is 13.8 Å². The fourth-order valence-electron chi connectivity index (χ4n) is 1.76. The van der Waals surface area contributed by atoms with Crippen LogP contribution in [0.5, 0.6) is 5.75 Å². The van der Waals surface area contributed by atoms with Gasteiger partial charge in [-0.2, -0.15) is 0 Å². The predicted molar refractivity (Wildman–Crippen MR) is 93.7 cm³/mol. The van der Waals surface area contributed by atoms with Gasteiger partial charge >= 0.3 is 11.9 Å². The summed E-state index contributed by atoms with van der Waals surface area (Å²) in [4.78, 5) is 18.2. The van der Waals surface area contributed by atoms with Gasteiger partial charge in [-0.25, -0.2) is 9.59 Å². The highest BCUT2D eigenvalue weighted by molar-refractivity contribution is 6.27. The molecular weight excluding hydrogens is 310 g/mol. The van der Waals surface area contributed by atoms with Crippen LogP contribution in [0.2, 0.25) is 0 Å². The number of carboxylic acids is 2. The normalized spacial score (nSPS) is 11.2. The molecule has 0 aliphatic rings. The van der Waals surface area contributed by atoms with Crippen molar-refractivity contribution in [2.45, 2.75) is 53.0 Å². The second kappa shape index (κ2) is 12.4. The molecule has 0 aliphatic carbocycles. The molecule has 6 heteroatoms. The van der Waals surface area contributed by atoms with Crippen molar-refractivity contribution in [2.24, 2.45) is 0 Å². The molecule has 136 valence electrons. The minimum atomic E-state index is -1.82. The molecule has 0 fully saturated rings. The lowest BCUT2D eigenvalue weighted by atomic mass is 10.1. The minimum Gasteiger partial charge on any atom is -0.493 e. The molecule has 0 amide bonds. The first-order chi connectivity index (χ1) is 11.3. The molecule has 1 unspecified atom stereocenters. The molecule has 0 heterocycles. The van der Waals surface area contributed by atoms with Crippen molar-refractivity contribution in [3.8, 4) is 5.75 Å². The second-order valence-corrected chi connectivity index (χ2v) is 5.70. The highest BCUT2D eigenvalue weighted by Gasteiger charge is 2.04. The van der Waals surface area contributed by atoms with Crippen molar-refractivity contribution in [3.63, 3.8) is 0 Å². The Balaban J connectivity index is 0.000000754. The Bertz CT molecular complexity index is 504. The number of hydrogen-bond donors (Lipinski definition) is 3. The van der Waals surface area contributed by atoms with E-state index in [4.69, 9.17) is 24.5 Å². The van der Waals surface area contributed by atoms with Gasteiger partial charge in [0.1, 0.15) is 5.75 Å². The van der Waals surface area contributed by atoms with Gasteiger partial charge in [0.2, 0.25) is 0 Å². The van der Waals surface area contributed by atoms with Crippen molar-refractivity contribution < 1.29 is 24.5 Å². The zero-order valence-electron chi connectivity index (χ0n) is 15.0. The maximum absolute atomic E-state index is 9.10. The van der Waals surface area contributed by atoms with Crippen LogP contribution in [0.1, 0.15) is 44.2 Å². The first-order valence-electron chi connectivity index (χ1n) is 8.17. The molecule has 0 aromatic heterocycles. The summed E-state index contributed by atoms with van der Waals surface area (Å²) in [6.45, 7) is 10.5. The Morgan fingerprint density at radius 2 is 1.79 bits per heavy atom. The Hall–Kier alpha value is -2.08. The van der Waals surface area contributed by atoms with Crippen LogP contribution in [0.3, 0.4) is 0 Å². The standard InChI is InChI=1S/C16H27NO.C2H2O4/c1-5-15(4)17-10-6-7-11-18-16-12-13(2)8-9-14(16)3;3-1(4)2(5)6/h8-9,12,15,17H,5-7,10-11H2,1-4H3;(H,3,4)(H,5,6). The number of ether oxygens (including phenoxy) is 1. The van der Waals surface area contributed by atoms with Gasteiger partial charge in [-0.3, -0.25) is 0 Å². The minimum absolute atomic E-state index is 0.630. The Labute approximate surface area is 143 Å². The summed E-state index contributed by atoms with van der Waals surface area (Å²) in [7, 11) is 0. The SMILES string of the molecule is CCC(C)NCCCCOc1cc(C)ccc1C.O=C(O)C(=O)O. The van der Waals surface area contributed by atoms with Gasteiger partial charge < -0.3 is 20.3 Å². The molecule has 0 bridgehead atoms. The topological polar surface area (TPSA) is 95.9 Å². The molecule has 1 atom stereocenters. The lowest BCUT2D eigenvalue weighted by Gasteiger charge is -2.12. The molecular formula is C18H29NO5. The molecule has 0 saturated carbocycles. The lowest BCUT2D eigenvalue weighted by molar-refractivity contribution is -0.159. The number of benzene rings is 1. The largest absolute Gasteiger partial charge is 0.493 e. The number of hydrogen-bond acceptors (Lipinski definition) is 4. The van der Waals surface area contributed by atoms with E-state index in [9.17, 15) is 0 Å². The maximum atomic E-state index is 9.10. The summed E-state index contributed by atoms with van der Waals surface area (Å²) < 4.78 is 5.82. The predicted octanol–water partition coefficient (Wildman–Crippen LogP) is 3.01. The number of aryl methyl sites for hydroxylation is 2. The number of rotatable bonds is 8. The zero-order chi connectivity index (χ0) is 18.5. The molecule has 1 aromatic carbocycles. The summed E-state index contributed by atoms with van der Waals surface area (Å²) in [5.41, 5.74) is 2.48. The van der Waals surface area contributed by atoms with Gasteiger partial charge in [0, 0.05) is 6.04 Å². The van der Waals surface area contributed by atoms with E-state index in [0.717, 1.165) is 25.3 Å². The summed E-state index contributed by atoms with van der Waals surface area (Å²) in [6, 6.07) is 6.99. The monoisotopic (exact) mass is 339 g/mol. The molecule has 1 rings (SSSR count). The third-order valence-corrected chi connectivity index (χ3v) is 3.46. The average molecular weight is 339 g/mol. The van der Waals surface area contributed by atoms with E-state index in [2.05, 4.69) is 51.2 Å². The summed E-state index contributed by atoms with van der Waals surface area (Å²) >= 11 is 0. The van der Waals surface area contributed by atoms with Crippen LogP contribution in [-0.4, -0.2) is 41.3 Å². The molecule has 0 radical (unpaired) electrons. The van der Waals surface area contributed by atoms with E-state index in [1.807, 2.05) is 0 Å². The van der Waals surface area contributed by atoms with Crippen LogP contribution < -0.4 is 10.1 Å². The van der Waals surface area contributed by atoms with Gasteiger partial charge in [0.15, 0.2) is 0 Å². The van der Waals surface area contributed by atoms with Crippen LogP contribution in [0.25, 0.3) is 0 Å². The van der Waals surface area contributed by atoms with Gasteiger partial charge in [-0.1, -0.05) is 19.1 Å². The fourth-order valence-corrected chi connectivity index (χ4v) is 1.76. The van der Waals surface area contributed by atoms with Crippen molar-refractivity contribution in [1.82, 2.24) is 5.32 Å². The molecule has 3 N–H and O–H groups in total. The number of nitrogens with one attached hydrogen (secondary N) is 1. The number of carbonyl (C=O) groups is 2. The molecule has 0 saturated heterocycles. The van der Waals surface area contributed by atoms with Crippen molar-refractivity contribution >= 4 is 11.9 Å². The zero-order valence-corrected chi connectivity index (χ0v) is 15.0. The smallest absolute Gasteiger partial charge is 0.414 e. The van der Waals surface area contributed by atoms with Gasteiger partial charge in [-0.15, -0.1) is 0 Å². The van der Waals surface area contributed by atoms with Gasteiger partial charge in [0.05, 0.1) is 6.61 Å². The third-order valence-electron chi connectivity index (χ3n) is 3.46.